The molecule has 1 aromatic heterocycles. The number of nitrogens with zero attached hydrogens (tertiary/aromatic N) is 2. The van der Waals surface area contributed by atoms with E-state index in [-0.39, 0.29) is 11.8 Å². The first-order chi connectivity index (χ1) is 14.5. The highest BCUT2D eigenvalue weighted by atomic mass is 16.5. The van der Waals surface area contributed by atoms with Crippen molar-refractivity contribution in [3.05, 3.63) is 71.1 Å². The van der Waals surface area contributed by atoms with Crippen molar-refractivity contribution in [1.29, 1.82) is 5.26 Å². The summed E-state index contributed by atoms with van der Waals surface area (Å²) in [4.78, 5) is 11.3. The van der Waals surface area contributed by atoms with Crippen LogP contribution in [0.15, 0.2) is 60.0 Å². The number of nitrogens with one attached hydrogen (secondary N) is 2. The maximum Gasteiger partial charge on any atom is 0.244 e. The van der Waals surface area contributed by atoms with Gasteiger partial charge in [-0.3, -0.25) is 9.89 Å². The molecule has 0 fully saturated rings. The number of carbonyl (C=O) groups excluding carboxylic acids is 1. The van der Waals surface area contributed by atoms with Crippen LogP contribution in [0.1, 0.15) is 24.0 Å². The van der Waals surface area contributed by atoms with Gasteiger partial charge >= 0.3 is 0 Å². The molecule has 1 aliphatic rings. The van der Waals surface area contributed by atoms with E-state index in [4.69, 9.17) is 15.2 Å². The number of benzene rings is 2. The number of H-pyrrole nitrogens is 1. The lowest BCUT2D eigenvalue weighted by molar-refractivity contribution is -0.114. The van der Waals surface area contributed by atoms with Gasteiger partial charge in [0.15, 0.2) is 0 Å². The fourth-order valence-electron chi connectivity index (χ4n) is 3.54. The molecule has 3 aromatic rings. The summed E-state index contributed by atoms with van der Waals surface area (Å²) in [6, 6.07) is 16.9. The maximum atomic E-state index is 11.3. The zero-order chi connectivity index (χ0) is 21.3. The molecule has 0 spiro atoms. The van der Waals surface area contributed by atoms with Crippen molar-refractivity contribution < 1.29 is 14.3 Å². The van der Waals surface area contributed by atoms with Crippen molar-refractivity contribution in [2.24, 2.45) is 5.73 Å². The molecule has 8 heteroatoms. The quantitative estimate of drug-likeness (QED) is 0.616. The van der Waals surface area contributed by atoms with Gasteiger partial charge in [-0.15, -0.1) is 5.10 Å². The molecule has 0 bridgehead atoms. The van der Waals surface area contributed by atoms with Crippen molar-refractivity contribution in [3.63, 3.8) is 0 Å². The summed E-state index contributed by atoms with van der Waals surface area (Å²) in [7, 11) is 1.60. The predicted octanol–water partition coefficient (Wildman–Crippen LogP) is 3.26. The molecule has 150 valence electrons. The molecule has 0 saturated heterocycles. The van der Waals surface area contributed by atoms with E-state index in [2.05, 4.69) is 21.6 Å². The van der Waals surface area contributed by atoms with Crippen molar-refractivity contribution in [2.75, 3.05) is 12.4 Å². The Hall–Kier alpha value is -4.25. The van der Waals surface area contributed by atoms with E-state index < -0.39 is 5.92 Å². The number of aromatic nitrogens is 2. The Bertz CT molecular complexity index is 1190. The second-order valence-electron chi connectivity index (χ2n) is 6.78. The highest BCUT2D eigenvalue weighted by molar-refractivity contribution is 5.88. The number of anilines is 1. The summed E-state index contributed by atoms with van der Waals surface area (Å²) in [5.74, 6) is 0.391. The third kappa shape index (κ3) is 3.33. The summed E-state index contributed by atoms with van der Waals surface area (Å²) in [5, 5.41) is 19.8. The fourth-order valence-corrected chi connectivity index (χ4v) is 3.54. The molecule has 1 amide bonds. The summed E-state index contributed by atoms with van der Waals surface area (Å²) in [5.41, 5.74) is 10.1. The molecule has 8 nitrogen and oxygen atoms in total. The third-order valence-electron chi connectivity index (χ3n) is 4.86. The average Bonchev–Trinajstić information content (AvgIpc) is 3.16. The fraction of sp³-hybridized carbons (Fsp3) is 0.136. The lowest BCUT2D eigenvalue weighted by atomic mass is 9.83. The average molecular weight is 401 g/mol. The highest BCUT2D eigenvalue weighted by Crippen LogP contribution is 2.46. The van der Waals surface area contributed by atoms with Crippen molar-refractivity contribution in [1.82, 2.24) is 10.2 Å². The molecule has 4 rings (SSSR count). The standard InChI is InChI=1S/C22H19N5O3/c1-12(28)25-15-8-6-13(7-9-15)18-17(11-23)21(24)30-22-19(18)20(26-27-22)14-4-3-5-16(10-14)29-2/h3-10,18H,24H2,1-2H3,(H,25,28)(H,26,27). The van der Waals surface area contributed by atoms with Crippen LogP contribution in [0.4, 0.5) is 5.69 Å². The first-order valence-electron chi connectivity index (χ1n) is 9.19. The van der Waals surface area contributed by atoms with Crippen LogP contribution in [0, 0.1) is 11.3 Å². The molecule has 1 atom stereocenters. The first kappa shape index (κ1) is 19.1. The molecule has 1 unspecified atom stereocenters. The van der Waals surface area contributed by atoms with Crippen LogP contribution < -0.4 is 20.5 Å². The largest absolute Gasteiger partial charge is 0.497 e. The molecular formula is C22H19N5O3. The molecule has 2 heterocycles. The summed E-state index contributed by atoms with van der Waals surface area (Å²) >= 11 is 0. The normalized spacial score (nSPS) is 15.0. The number of hydrogen-bond donors (Lipinski definition) is 3. The van der Waals surface area contributed by atoms with Gasteiger partial charge in [0.05, 0.1) is 24.3 Å². The number of nitrogens with two attached hydrogens (primary N) is 1. The minimum Gasteiger partial charge on any atom is -0.497 e. The second-order valence-corrected chi connectivity index (χ2v) is 6.78. The van der Waals surface area contributed by atoms with Gasteiger partial charge in [-0.2, -0.15) is 5.26 Å². The molecule has 0 radical (unpaired) electrons. The molecule has 30 heavy (non-hydrogen) atoms. The number of methoxy groups -OCH3 is 1. The number of hydrogen-bond acceptors (Lipinski definition) is 6. The van der Waals surface area contributed by atoms with Gasteiger partial charge in [-0.1, -0.05) is 24.3 Å². The lowest BCUT2D eigenvalue weighted by Gasteiger charge is -2.24. The maximum absolute atomic E-state index is 11.3. The number of allylic oxidation sites excluding steroid dienone is 1. The van der Waals surface area contributed by atoms with Crippen LogP contribution in [0.5, 0.6) is 11.6 Å². The van der Waals surface area contributed by atoms with Crippen molar-refractivity contribution >= 4 is 11.6 Å². The predicted molar refractivity (Wildman–Crippen MR) is 111 cm³/mol. The van der Waals surface area contributed by atoms with E-state index in [1.54, 1.807) is 19.2 Å². The smallest absolute Gasteiger partial charge is 0.244 e. The minimum absolute atomic E-state index is 0.0182. The number of ether oxygens (including phenoxy) is 2. The number of carbonyl (C=O) groups is 1. The SMILES string of the molecule is COc1cccc(-c2[nH]nc3c2C(c2ccc(NC(C)=O)cc2)C(C#N)=C(N)O3)c1. The van der Waals surface area contributed by atoms with E-state index in [1.165, 1.54) is 6.92 Å². The minimum atomic E-state index is -0.481. The van der Waals surface area contributed by atoms with E-state index in [0.717, 1.165) is 11.1 Å². The van der Waals surface area contributed by atoms with Gasteiger partial charge in [0.1, 0.15) is 17.4 Å². The first-order valence-corrected chi connectivity index (χ1v) is 9.19. The van der Waals surface area contributed by atoms with Gasteiger partial charge in [0.25, 0.3) is 0 Å². The van der Waals surface area contributed by atoms with E-state index in [9.17, 15) is 10.1 Å². The van der Waals surface area contributed by atoms with Crippen LogP contribution in [0.3, 0.4) is 0 Å². The molecule has 1 aliphatic heterocycles. The monoisotopic (exact) mass is 401 g/mol. The Morgan fingerprint density at radius 1 is 1.30 bits per heavy atom. The zero-order valence-electron chi connectivity index (χ0n) is 16.4. The lowest BCUT2D eigenvalue weighted by Crippen LogP contribution is -2.21. The molecule has 0 saturated carbocycles. The van der Waals surface area contributed by atoms with E-state index in [1.807, 2.05) is 36.4 Å². The van der Waals surface area contributed by atoms with Crippen LogP contribution >= 0.6 is 0 Å². The van der Waals surface area contributed by atoms with Gasteiger partial charge in [0, 0.05) is 18.2 Å². The number of fused-ring (bicyclic) bond motifs is 1. The topological polar surface area (TPSA) is 126 Å². The Morgan fingerprint density at radius 2 is 2.07 bits per heavy atom. The summed E-state index contributed by atoms with van der Waals surface area (Å²) in [6.07, 6.45) is 0. The van der Waals surface area contributed by atoms with Crippen LogP contribution in [0.25, 0.3) is 11.3 Å². The Morgan fingerprint density at radius 3 is 2.73 bits per heavy atom. The summed E-state index contributed by atoms with van der Waals surface area (Å²) in [6.45, 7) is 1.45. The molecule has 2 aromatic carbocycles. The van der Waals surface area contributed by atoms with Crippen molar-refractivity contribution in [2.45, 2.75) is 12.8 Å². The number of amides is 1. The summed E-state index contributed by atoms with van der Waals surface area (Å²) < 4.78 is 11.0. The zero-order valence-corrected chi connectivity index (χ0v) is 16.4. The third-order valence-corrected chi connectivity index (χ3v) is 4.86. The van der Waals surface area contributed by atoms with Gasteiger partial charge in [-0.25, -0.2) is 0 Å². The second kappa shape index (κ2) is 7.64. The number of aromatic amines is 1. The number of nitriles is 1. The molecular weight excluding hydrogens is 382 g/mol. The van der Waals surface area contributed by atoms with Gasteiger partial charge < -0.3 is 20.5 Å². The highest BCUT2D eigenvalue weighted by Gasteiger charge is 2.35. The Labute approximate surface area is 172 Å². The van der Waals surface area contributed by atoms with E-state index >= 15 is 0 Å². The van der Waals surface area contributed by atoms with Crippen molar-refractivity contribution in [3.8, 4) is 29.0 Å². The van der Waals surface area contributed by atoms with Crippen LogP contribution in [0.2, 0.25) is 0 Å². The van der Waals surface area contributed by atoms with E-state index in [0.29, 0.717) is 34.1 Å². The Kier molecular flexibility index (Phi) is 4.86. The Balaban J connectivity index is 1.85. The molecule has 4 N–H and O–H groups in total. The van der Waals surface area contributed by atoms with Gasteiger partial charge in [0.2, 0.25) is 17.7 Å². The van der Waals surface area contributed by atoms with Gasteiger partial charge in [-0.05, 0) is 29.8 Å². The van der Waals surface area contributed by atoms with Crippen LogP contribution in [-0.4, -0.2) is 23.2 Å². The molecule has 0 aliphatic carbocycles. The number of rotatable bonds is 4. The van der Waals surface area contributed by atoms with Crippen LogP contribution in [-0.2, 0) is 4.79 Å².